The van der Waals surface area contributed by atoms with Crippen LogP contribution in [-0.4, -0.2) is 66.1 Å². The molecule has 0 spiro atoms. The summed E-state index contributed by atoms with van der Waals surface area (Å²) in [6, 6.07) is 8.26. The maximum absolute atomic E-state index is 14.3. The highest BCUT2D eigenvalue weighted by atomic mass is 19.3. The Morgan fingerprint density at radius 1 is 0.976 bits per heavy atom. The van der Waals surface area contributed by atoms with Crippen LogP contribution in [0.1, 0.15) is 12.0 Å². The number of pyridine rings is 3. The molecule has 6 heterocycles. The maximum Gasteiger partial charge on any atom is 0.261 e. The van der Waals surface area contributed by atoms with Crippen LogP contribution in [0.2, 0.25) is 0 Å². The van der Waals surface area contributed by atoms with Crippen LogP contribution < -0.4 is 4.74 Å². The van der Waals surface area contributed by atoms with Gasteiger partial charge in [0.2, 0.25) is 0 Å². The van der Waals surface area contributed by atoms with Crippen molar-refractivity contribution in [2.24, 2.45) is 0 Å². The summed E-state index contributed by atoms with van der Waals surface area (Å²) in [5, 5.41) is 8.26. The lowest BCUT2D eigenvalue weighted by atomic mass is 10.1. The second-order valence-corrected chi connectivity index (χ2v) is 10.1. The number of hydrogen-bond donors (Lipinski definition) is 2. The highest BCUT2D eigenvalue weighted by molar-refractivity contribution is 5.97. The molecular weight excluding hydrogens is 533 g/mol. The van der Waals surface area contributed by atoms with E-state index in [9.17, 15) is 13.2 Å². The highest BCUT2D eigenvalue weighted by Crippen LogP contribution is 2.34. The third-order valence-corrected chi connectivity index (χ3v) is 7.23. The molecule has 0 amide bonds. The maximum atomic E-state index is 14.3. The zero-order valence-electron chi connectivity index (χ0n) is 21.8. The molecule has 0 radical (unpaired) electrons. The Morgan fingerprint density at radius 2 is 1.85 bits per heavy atom. The number of alkyl halides is 2. The smallest absolute Gasteiger partial charge is 0.261 e. The van der Waals surface area contributed by atoms with Crippen molar-refractivity contribution >= 4 is 21.9 Å². The molecule has 0 unspecified atom stereocenters. The van der Waals surface area contributed by atoms with Gasteiger partial charge in [0.25, 0.3) is 5.92 Å². The lowest BCUT2D eigenvalue weighted by Crippen LogP contribution is -2.24. The quantitative estimate of drug-likeness (QED) is 0.274. The first-order valence-electron chi connectivity index (χ1n) is 12.9. The van der Waals surface area contributed by atoms with E-state index in [-0.39, 0.29) is 13.0 Å². The lowest BCUT2D eigenvalue weighted by molar-refractivity contribution is 0.0115. The summed E-state index contributed by atoms with van der Waals surface area (Å²) in [6.45, 7) is 0.491. The largest absolute Gasteiger partial charge is 0.497 e. The summed E-state index contributed by atoms with van der Waals surface area (Å²) in [5.74, 6) is -2.18. The van der Waals surface area contributed by atoms with Crippen LogP contribution in [0.3, 0.4) is 0 Å². The number of halogens is 3. The standard InChI is InChI=1S/C29H23F3N8O/c1-41-20-6-17(5-19(30)7-20)22-11-34-12-25-26(22)37-28(36-25)27-21-8-23(35-13-24(21)38-39-27)18-4-16(9-33-10-18)14-40-3-2-29(31,32)15-40/h4-13H,2-3,14-15H2,1H3,(H,36,37)(H,38,39). The van der Waals surface area contributed by atoms with Gasteiger partial charge in [-0.3, -0.25) is 25.0 Å². The molecule has 1 aromatic carbocycles. The molecule has 9 nitrogen and oxygen atoms in total. The normalized spacial score (nSPS) is 15.2. The van der Waals surface area contributed by atoms with Gasteiger partial charge >= 0.3 is 0 Å². The van der Waals surface area contributed by atoms with Gasteiger partial charge in [0.1, 0.15) is 17.3 Å². The molecule has 1 aliphatic heterocycles. The van der Waals surface area contributed by atoms with Crippen LogP contribution in [0.4, 0.5) is 13.2 Å². The van der Waals surface area contributed by atoms with Crippen LogP contribution in [0, 0.1) is 5.82 Å². The minimum Gasteiger partial charge on any atom is -0.497 e. The number of nitrogens with zero attached hydrogens (tertiary/aromatic N) is 6. The number of benzene rings is 1. The summed E-state index contributed by atoms with van der Waals surface area (Å²) in [7, 11) is 1.48. The number of hydrogen-bond acceptors (Lipinski definition) is 7. The molecule has 1 saturated heterocycles. The van der Waals surface area contributed by atoms with Gasteiger partial charge in [-0.2, -0.15) is 5.10 Å². The van der Waals surface area contributed by atoms with Gasteiger partial charge in [-0.25, -0.2) is 18.2 Å². The molecule has 0 saturated carbocycles. The summed E-state index contributed by atoms with van der Waals surface area (Å²) < 4.78 is 46.8. The molecule has 5 aromatic heterocycles. The Morgan fingerprint density at radius 3 is 2.68 bits per heavy atom. The van der Waals surface area contributed by atoms with Gasteiger partial charge in [0, 0.05) is 60.7 Å². The summed E-state index contributed by atoms with van der Waals surface area (Å²) in [6.07, 6.45) is 8.23. The Labute approximate surface area is 231 Å². The Balaban J connectivity index is 1.25. The van der Waals surface area contributed by atoms with E-state index in [4.69, 9.17) is 9.72 Å². The topological polar surface area (TPSA) is 108 Å². The van der Waals surface area contributed by atoms with Crippen molar-refractivity contribution in [2.45, 2.75) is 18.9 Å². The number of rotatable bonds is 6. The van der Waals surface area contributed by atoms with Crippen molar-refractivity contribution in [3.63, 3.8) is 0 Å². The van der Waals surface area contributed by atoms with E-state index in [0.717, 1.165) is 16.5 Å². The molecule has 1 aliphatic rings. The fraction of sp³-hybridized carbons (Fsp3) is 0.207. The second-order valence-electron chi connectivity index (χ2n) is 10.1. The predicted molar refractivity (Wildman–Crippen MR) is 147 cm³/mol. The average Bonchev–Trinajstić information content (AvgIpc) is 3.68. The van der Waals surface area contributed by atoms with Crippen LogP contribution in [0.25, 0.3) is 55.8 Å². The molecule has 206 valence electrons. The first-order valence-corrected chi connectivity index (χ1v) is 12.9. The fourth-order valence-electron chi connectivity index (χ4n) is 5.26. The van der Waals surface area contributed by atoms with E-state index >= 15 is 0 Å². The van der Waals surface area contributed by atoms with Crippen LogP contribution in [0.5, 0.6) is 5.75 Å². The number of imidazole rings is 1. The summed E-state index contributed by atoms with van der Waals surface area (Å²) in [5.41, 5.74) is 6.04. The van der Waals surface area contributed by atoms with E-state index in [1.807, 2.05) is 12.1 Å². The minimum absolute atomic E-state index is 0.128. The minimum atomic E-state index is -2.65. The first kappa shape index (κ1) is 25.1. The van der Waals surface area contributed by atoms with Gasteiger partial charge in [-0.1, -0.05) is 0 Å². The van der Waals surface area contributed by atoms with Crippen molar-refractivity contribution in [3.8, 4) is 39.7 Å². The van der Waals surface area contributed by atoms with Crippen LogP contribution in [0.15, 0.2) is 61.3 Å². The van der Waals surface area contributed by atoms with Gasteiger partial charge in [0.15, 0.2) is 5.82 Å². The molecule has 12 heteroatoms. The van der Waals surface area contributed by atoms with E-state index < -0.39 is 11.7 Å². The Bertz CT molecular complexity index is 1920. The van der Waals surface area contributed by atoms with Gasteiger partial charge in [0.05, 0.1) is 48.3 Å². The molecule has 41 heavy (non-hydrogen) atoms. The molecule has 0 aliphatic carbocycles. The SMILES string of the molecule is COc1cc(F)cc(-c2cncc3[nH]c(-c4n[nH]c5cnc(-c6cncc(CN7CCC(F)(F)C7)c6)cc45)nc23)c1. The number of ether oxygens (including phenoxy) is 1. The van der Waals surface area contributed by atoms with E-state index in [1.54, 1.807) is 42.0 Å². The predicted octanol–water partition coefficient (Wildman–Crippen LogP) is 5.61. The lowest BCUT2D eigenvalue weighted by Gasteiger charge is -2.15. The van der Waals surface area contributed by atoms with E-state index in [0.29, 0.717) is 63.7 Å². The number of likely N-dealkylation sites (tertiary alicyclic amines) is 1. The number of aromatic nitrogens is 7. The van der Waals surface area contributed by atoms with Crippen molar-refractivity contribution in [2.75, 3.05) is 20.2 Å². The molecule has 0 bridgehead atoms. The zero-order chi connectivity index (χ0) is 28.1. The number of H-pyrrole nitrogens is 2. The Hall–Kier alpha value is -4.84. The third-order valence-electron chi connectivity index (χ3n) is 7.23. The van der Waals surface area contributed by atoms with Crippen molar-refractivity contribution < 1.29 is 17.9 Å². The summed E-state index contributed by atoms with van der Waals surface area (Å²) >= 11 is 0. The number of aromatic amines is 2. The van der Waals surface area contributed by atoms with Gasteiger partial charge in [-0.15, -0.1) is 0 Å². The van der Waals surface area contributed by atoms with Crippen LogP contribution >= 0.6 is 0 Å². The van der Waals surface area contributed by atoms with Crippen molar-refractivity contribution in [1.29, 1.82) is 0 Å². The molecular formula is C29H23F3N8O. The highest BCUT2D eigenvalue weighted by Gasteiger charge is 2.37. The monoisotopic (exact) mass is 556 g/mol. The molecule has 0 atom stereocenters. The third kappa shape index (κ3) is 4.76. The number of nitrogens with one attached hydrogen (secondary N) is 2. The molecule has 1 fully saturated rings. The number of methoxy groups -OCH3 is 1. The van der Waals surface area contributed by atoms with Gasteiger partial charge < -0.3 is 9.72 Å². The molecule has 6 aromatic rings. The van der Waals surface area contributed by atoms with Crippen molar-refractivity contribution in [3.05, 3.63) is 72.7 Å². The van der Waals surface area contributed by atoms with E-state index in [1.165, 1.54) is 19.2 Å². The van der Waals surface area contributed by atoms with E-state index in [2.05, 4.69) is 30.1 Å². The van der Waals surface area contributed by atoms with Crippen molar-refractivity contribution in [1.82, 2.24) is 40.0 Å². The molecule has 2 N–H and O–H groups in total. The fourth-order valence-corrected chi connectivity index (χ4v) is 5.26. The van der Waals surface area contributed by atoms with Gasteiger partial charge in [-0.05, 0) is 35.4 Å². The first-order chi connectivity index (χ1) is 19.8. The second kappa shape index (κ2) is 9.66. The summed E-state index contributed by atoms with van der Waals surface area (Å²) in [4.78, 5) is 23.0. The van der Waals surface area contributed by atoms with Crippen LogP contribution in [-0.2, 0) is 6.54 Å². The number of fused-ring (bicyclic) bond motifs is 2. The zero-order valence-corrected chi connectivity index (χ0v) is 21.8. The average molecular weight is 557 g/mol. The Kier molecular flexibility index (Phi) is 5.93. The molecule has 7 rings (SSSR count).